The van der Waals surface area contributed by atoms with Crippen LogP contribution in [0, 0.1) is 0 Å². The molecule has 0 bridgehead atoms. The SMILES string of the molecule is O=P(O)(O)OC[C@H]1O[C@H](O)[C@@H](O[C@H]2O[C@H](CO)[C@@H](O)[C@H](O)[C@@H]2O)[C@@H](O)[C@@H]1O. The van der Waals surface area contributed by atoms with Gasteiger partial charge in [0.15, 0.2) is 12.6 Å². The van der Waals surface area contributed by atoms with E-state index in [1.165, 1.54) is 0 Å². The van der Waals surface area contributed by atoms with E-state index in [0.29, 0.717) is 0 Å². The van der Waals surface area contributed by atoms with E-state index in [0.717, 1.165) is 0 Å². The zero-order chi connectivity index (χ0) is 20.5. The van der Waals surface area contributed by atoms with Crippen molar-refractivity contribution in [3.63, 3.8) is 0 Å². The van der Waals surface area contributed by atoms with Gasteiger partial charge in [-0.15, -0.1) is 0 Å². The Bertz CT molecular complexity index is 526. The summed E-state index contributed by atoms with van der Waals surface area (Å²) in [6.45, 7) is -1.59. The highest BCUT2D eigenvalue weighted by Crippen LogP contribution is 2.37. The van der Waals surface area contributed by atoms with Gasteiger partial charge in [0.05, 0.1) is 13.2 Å². The maximum absolute atomic E-state index is 10.7. The first-order valence-electron chi connectivity index (χ1n) is 7.82. The first-order valence-corrected chi connectivity index (χ1v) is 9.35. The molecule has 2 aliphatic heterocycles. The number of rotatable bonds is 6. The van der Waals surface area contributed by atoms with Crippen molar-refractivity contribution in [2.45, 2.75) is 61.4 Å². The molecule has 27 heavy (non-hydrogen) atoms. The van der Waals surface area contributed by atoms with Crippen molar-refractivity contribution >= 4 is 7.82 Å². The van der Waals surface area contributed by atoms with Crippen molar-refractivity contribution in [3.8, 4) is 0 Å². The molecule has 2 saturated heterocycles. The summed E-state index contributed by atoms with van der Waals surface area (Å²) in [6.07, 6.45) is -17.1. The summed E-state index contributed by atoms with van der Waals surface area (Å²) in [7, 11) is -4.89. The van der Waals surface area contributed by atoms with Crippen molar-refractivity contribution < 1.29 is 68.8 Å². The number of hydrogen-bond donors (Lipinski definition) is 9. The van der Waals surface area contributed by atoms with Gasteiger partial charge >= 0.3 is 7.82 Å². The second-order valence-electron chi connectivity index (χ2n) is 6.13. The van der Waals surface area contributed by atoms with Crippen molar-refractivity contribution in [2.75, 3.05) is 13.2 Å². The van der Waals surface area contributed by atoms with E-state index in [9.17, 15) is 35.2 Å². The second-order valence-corrected chi connectivity index (χ2v) is 7.37. The minimum atomic E-state index is -4.89. The minimum Gasteiger partial charge on any atom is -0.394 e. The average molecular weight is 422 g/mol. The Hall–Kier alpha value is -0.290. The van der Waals surface area contributed by atoms with Crippen LogP contribution in [-0.4, -0.2) is 120 Å². The second kappa shape index (κ2) is 9.02. The molecule has 0 saturated carbocycles. The third kappa shape index (κ3) is 5.41. The summed E-state index contributed by atoms with van der Waals surface area (Å²) in [5, 5.41) is 68.4. The summed E-state index contributed by atoms with van der Waals surface area (Å²) in [6, 6.07) is 0. The first-order chi connectivity index (χ1) is 12.5. The zero-order valence-electron chi connectivity index (χ0n) is 13.7. The molecule has 0 unspecified atom stereocenters. The lowest BCUT2D eigenvalue weighted by atomic mass is 9.97. The fourth-order valence-electron chi connectivity index (χ4n) is 2.71. The van der Waals surface area contributed by atoms with Crippen LogP contribution in [0.2, 0.25) is 0 Å². The Labute approximate surface area is 152 Å². The van der Waals surface area contributed by atoms with Crippen LogP contribution in [0.25, 0.3) is 0 Å². The summed E-state index contributed by atoms with van der Waals surface area (Å²) in [5.41, 5.74) is 0. The van der Waals surface area contributed by atoms with Crippen molar-refractivity contribution in [1.29, 1.82) is 0 Å². The van der Waals surface area contributed by atoms with Gasteiger partial charge in [0.2, 0.25) is 0 Å². The summed E-state index contributed by atoms with van der Waals surface area (Å²) in [4.78, 5) is 17.3. The molecule has 0 spiro atoms. The summed E-state index contributed by atoms with van der Waals surface area (Å²) >= 11 is 0. The molecular weight excluding hydrogens is 399 g/mol. The van der Waals surface area contributed by atoms with Gasteiger partial charge in [0.1, 0.15) is 48.8 Å². The highest BCUT2D eigenvalue weighted by molar-refractivity contribution is 7.46. The minimum absolute atomic E-state index is 0.735. The number of aliphatic hydroxyl groups is 7. The van der Waals surface area contributed by atoms with Gasteiger partial charge in [-0.25, -0.2) is 4.57 Å². The molecule has 2 fully saturated rings. The lowest BCUT2D eigenvalue weighted by Crippen LogP contribution is -2.64. The summed E-state index contributed by atoms with van der Waals surface area (Å²) < 4.78 is 30.0. The highest BCUT2D eigenvalue weighted by Gasteiger charge is 2.50. The van der Waals surface area contributed by atoms with Crippen LogP contribution in [0.15, 0.2) is 0 Å². The molecule has 2 heterocycles. The highest BCUT2D eigenvalue weighted by atomic mass is 31.2. The maximum atomic E-state index is 10.7. The maximum Gasteiger partial charge on any atom is 0.469 e. The fourth-order valence-corrected chi connectivity index (χ4v) is 3.05. The topological polar surface area (TPSA) is 236 Å². The van der Waals surface area contributed by atoms with Gasteiger partial charge in [0, 0.05) is 0 Å². The van der Waals surface area contributed by atoms with E-state index in [2.05, 4.69) is 4.52 Å². The smallest absolute Gasteiger partial charge is 0.394 e. The van der Waals surface area contributed by atoms with Crippen LogP contribution in [0.3, 0.4) is 0 Å². The molecule has 0 aromatic rings. The molecular formula is C12H23O14P. The molecule has 0 radical (unpaired) electrons. The number of aliphatic hydroxyl groups excluding tert-OH is 7. The number of ether oxygens (including phenoxy) is 3. The molecule has 9 N–H and O–H groups in total. The van der Waals surface area contributed by atoms with Crippen LogP contribution in [0.5, 0.6) is 0 Å². The van der Waals surface area contributed by atoms with Gasteiger partial charge in [-0.3, -0.25) is 4.52 Å². The molecule has 0 aromatic carbocycles. The predicted octanol–water partition coefficient (Wildman–Crippen LogP) is -5.28. The lowest BCUT2D eigenvalue weighted by Gasteiger charge is -2.45. The van der Waals surface area contributed by atoms with E-state index >= 15 is 0 Å². The van der Waals surface area contributed by atoms with E-state index in [1.54, 1.807) is 0 Å². The monoisotopic (exact) mass is 422 g/mol. The van der Waals surface area contributed by atoms with E-state index in [1.807, 2.05) is 0 Å². The molecule has 0 aliphatic carbocycles. The zero-order valence-corrected chi connectivity index (χ0v) is 14.6. The van der Waals surface area contributed by atoms with Crippen LogP contribution < -0.4 is 0 Å². The Morgan fingerprint density at radius 3 is 1.96 bits per heavy atom. The van der Waals surface area contributed by atoms with Crippen molar-refractivity contribution in [1.82, 2.24) is 0 Å². The van der Waals surface area contributed by atoms with E-state index < -0.39 is 82.4 Å². The van der Waals surface area contributed by atoms with Crippen molar-refractivity contribution in [3.05, 3.63) is 0 Å². The third-order valence-electron chi connectivity index (χ3n) is 4.21. The van der Waals surface area contributed by atoms with Gasteiger partial charge < -0.3 is 59.7 Å². The van der Waals surface area contributed by atoms with Crippen LogP contribution >= 0.6 is 7.82 Å². The Kier molecular flexibility index (Phi) is 7.68. The molecule has 14 nitrogen and oxygen atoms in total. The molecule has 10 atom stereocenters. The molecule has 0 amide bonds. The van der Waals surface area contributed by atoms with Gasteiger partial charge in [-0.05, 0) is 0 Å². The third-order valence-corrected chi connectivity index (χ3v) is 4.69. The lowest BCUT2D eigenvalue weighted by molar-refractivity contribution is -0.361. The molecule has 160 valence electrons. The van der Waals surface area contributed by atoms with Crippen molar-refractivity contribution in [2.24, 2.45) is 0 Å². The Morgan fingerprint density at radius 2 is 1.41 bits per heavy atom. The normalized spacial score (nSPS) is 46.4. The van der Waals surface area contributed by atoms with Gasteiger partial charge in [0.25, 0.3) is 0 Å². The largest absolute Gasteiger partial charge is 0.469 e. The number of hydrogen-bond acceptors (Lipinski definition) is 12. The standard InChI is InChI=1S/C12H23O14P/c13-1-3-5(14)7(16)9(18)12(25-3)26-10-8(17)6(15)4(24-11(10)19)2-23-27(20,21)22/h3-19H,1-2H2,(H2,20,21,22)/t3-,4-,5-,6-,7+,8+,9+,10+,11+,12-/m1/s1. The molecule has 2 aliphatic rings. The molecule has 0 aromatic heterocycles. The Balaban J connectivity index is 2.03. The first kappa shape index (κ1) is 23.0. The van der Waals surface area contributed by atoms with Gasteiger partial charge in [-0.1, -0.05) is 0 Å². The number of phosphoric acid groups is 1. The molecule has 15 heteroatoms. The number of phosphoric ester groups is 1. The summed E-state index contributed by atoms with van der Waals surface area (Å²) in [5.74, 6) is 0. The fraction of sp³-hybridized carbons (Fsp3) is 1.00. The molecule has 2 rings (SSSR count). The van der Waals surface area contributed by atoms with Crippen LogP contribution in [-0.2, 0) is 23.3 Å². The average Bonchev–Trinajstić information content (AvgIpc) is 2.59. The van der Waals surface area contributed by atoms with Crippen LogP contribution in [0.4, 0.5) is 0 Å². The quantitative estimate of drug-likeness (QED) is 0.182. The van der Waals surface area contributed by atoms with Gasteiger partial charge in [-0.2, -0.15) is 0 Å². The van der Waals surface area contributed by atoms with E-state index in [4.69, 9.17) is 29.1 Å². The Morgan fingerprint density at radius 1 is 0.815 bits per heavy atom. The predicted molar refractivity (Wildman–Crippen MR) is 79.5 cm³/mol. The van der Waals surface area contributed by atoms with E-state index in [-0.39, 0.29) is 0 Å². The van der Waals surface area contributed by atoms with Crippen LogP contribution in [0.1, 0.15) is 0 Å².